The second-order valence-corrected chi connectivity index (χ2v) is 1.50. The van der Waals surface area contributed by atoms with Crippen molar-refractivity contribution in [1.82, 2.24) is 0 Å². The minimum Gasteiger partial charge on any atom is -0.894 e. The molecule has 0 saturated carbocycles. The van der Waals surface area contributed by atoms with E-state index in [1.807, 2.05) is 0 Å². The maximum absolute atomic E-state index is 8.58. The number of rotatable bonds is 0. The molecule has 6 heavy (non-hydrogen) atoms. The molecule has 0 heterocycles. The molecule has 0 saturated heterocycles. The first-order valence-corrected chi connectivity index (χ1v) is 2.45. The van der Waals surface area contributed by atoms with Gasteiger partial charge in [0.1, 0.15) is 0 Å². The Hall–Kier alpha value is 0.846. The van der Waals surface area contributed by atoms with Gasteiger partial charge >= 0.3 is 23.7 Å². The third-order valence-electron chi connectivity index (χ3n) is 0. The van der Waals surface area contributed by atoms with Crippen molar-refractivity contribution in [2.45, 2.75) is 0 Å². The molecule has 0 amide bonds. The SMILES string of the molecule is [O-][Si]([O-])([O-])[O-].[Te+4]. The summed E-state index contributed by atoms with van der Waals surface area (Å²) in [4.78, 5) is 34.3. The van der Waals surface area contributed by atoms with Gasteiger partial charge in [-0.3, -0.25) is 0 Å². The summed E-state index contributed by atoms with van der Waals surface area (Å²) in [6.45, 7) is 0. The molecule has 0 aromatic rings. The minimum absolute atomic E-state index is 0. The van der Waals surface area contributed by atoms with E-state index in [1.54, 1.807) is 0 Å². The Bertz CT molecular complexity index is 23.0. The van der Waals surface area contributed by atoms with Crippen LogP contribution in [0.1, 0.15) is 0 Å². The van der Waals surface area contributed by atoms with Crippen molar-refractivity contribution in [3.8, 4) is 0 Å². The predicted molar refractivity (Wildman–Crippen MR) is 11.5 cm³/mol. The van der Waals surface area contributed by atoms with E-state index in [-0.39, 0.29) is 23.7 Å². The molecular weight excluding hydrogens is 220 g/mol. The van der Waals surface area contributed by atoms with Crippen LogP contribution in [0.15, 0.2) is 0 Å². The van der Waals surface area contributed by atoms with Crippen molar-refractivity contribution in [2.75, 3.05) is 0 Å². The van der Waals surface area contributed by atoms with Gasteiger partial charge in [-0.15, -0.1) is 0 Å². The van der Waals surface area contributed by atoms with Gasteiger partial charge in [0.25, 0.3) is 0 Å². The van der Waals surface area contributed by atoms with Crippen molar-refractivity contribution < 1.29 is 19.2 Å². The fraction of sp³-hybridized carbons (Fsp3) is 0. The molecule has 0 bridgehead atoms. The molecule has 0 spiro atoms. The first kappa shape index (κ1) is 9.96. The molecule has 0 unspecified atom stereocenters. The molecular formula is O4SiTe. The van der Waals surface area contributed by atoms with Crippen molar-refractivity contribution in [2.24, 2.45) is 0 Å². The van der Waals surface area contributed by atoms with E-state index >= 15 is 0 Å². The zero-order valence-corrected chi connectivity index (χ0v) is 5.87. The van der Waals surface area contributed by atoms with E-state index in [2.05, 4.69) is 0 Å². The zero-order valence-electron chi connectivity index (χ0n) is 2.54. The van der Waals surface area contributed by atoms with E-state index in [0.29, 0.717) is 0 Å². The summed E-state index contributed by atoms with van der Waals surface area (Å²) in [6, 6.07) is 0. The largest absolute Gasteiger partial charge is 4.00 e. The van der Waals surface area contributed by atoms with Gasteiger partial charge in [0, 0.05) is 0 Å². The summed E-state index contributed by atoms with van der Waals surface area (Å²) < 4.78 is 0. The molecule has 0 N–H and O–H groups in total. The van der Waals surface area contributed by atoms with Crippen LogP contribution < -0.4 is 19.2 Å². The number of hydrogen-bond acceptors (Lipinski definition) is 4. The summed E-state index contributed by atoms with van der Waals surface area (Å²) in [5.41, 5.74) is 0. The Morgan fingerprint density at radius 1 is 0.833 bits per heavy atom. The Morgan fingerprint density at radius 3 is 0.833 bits per heavy atom. The summed E-state index contributed by atoms with van der Waals surface area (Å²) in [5, 5.41) is 0. The molecule has 6 heteroatoms. The molecule has 0 rings (SSSR count). The average molecular weight is 220 g/mol. The third-order valence-corrected chi connectivity index (χ3v) is 0. The molecule has 0 aliphatic heterocycles. The molecule has 0 aliphatic carbocycles. The van der Waals surface area contributed by atoms with Crippen molar-refractivity contribution in [3.63, 3.8) is 0 Å². The van der Waals surface area contributed by atoms with Crippen molar-refractivity contribution >= 4 is 32.7 Å². The minimum atomic E-state index is -5.61. The Kier molecular flexibility index (Phi) is 4.86. The fourth-order valence-corrected chi connectivity index (χ4v) is 0. The van der Waals surface area contributed by atoms with Gasteiger partial charge in [0.2, 0.25) is 0 Å². The summed E-state index contributed by atoms with van der Waals surface area (Å²) in [6.07, 6.45) is 0. The van der Waals surface area contributed by atoms with Gasteiger partial charge in [-0.05, 0) is 0 Å². The summed E-state index contributed by atoms with van der Waals surface area (Å²) in [5.74, 6) is 0. The van der Waals surface area contributed by atoms with Crippen LogP contribution >= 0.6 is 0 Å². The van der Waals surface area contributed by atoms with E-state index in [4.69, 9.17) is 19.2 Å². The van der Waals surface area contributed by atoms with Crippen molar-refractivity contribution in [1.29, 1.82) is 0 Å². The van der Waals surface area contributed by atoms with E-state index in [0.717, 1.165) is 0 Å². The zero-order chi connectivity index (χ0) is 4.50. The summed E-state index contributed by atoms with van der Waals surface area (Å²) in [7, 11) is -5.61. The molecule has 0 atom stereocenters. The molecule has 4 nitrogen and oxygen atoms in total. The van der Waals surface area contributed by atoms with Gasteiger partial charge in [0.15, 0.2) is 0 Å². The molecule has 0 aromatic carbocycles. The normalized spacial score (nSPS) is 10.0. The van der Waals surface area contributed by atoms with Gasteiger partial charge in [0.05, 0.1) is 0 Å². The van der Waals surface area contributed by atoms with Gasteiger partial charge in [-0.1, -0.05) is 0 Å². The van der Waals surface area contributed by atoms with Gasteiger partial charge in [-0.2, -0.15) is 0 Å². The van der Waals surface area contributed by atoms with Crippen LogP contribution in [0.25, 0.3) is 0 Å². The van der Waals surface area contributed by atoms with Crippen LogP contribution in [-0.2, 0) is 0 Å². The van der Waals surface area contributed by atoms with Crippen LogP contribution in [-0.4, -0.2) is 32.7 Å². The fourth-order valence-electron chi connectivity index (χ4n) is 0. The number of hydrogen-bond donors (Lipinski definition) is 0. The topological polar surface area (TPSA) is 92.2 Å². The van der Waals surface area contributed by atoms with Crippen LogP contribution in [0.5, 0.6) is 0 Å². The molecule has 0 fully saturated rings. The third kappa shape index (κ3) is 100. The first-order chi connectivity index (χ1) is 2.00. The monoisotopic (exact) mass is 222 g/mol. The standard InChI is InChI=1S/O4Si.Te/c1-5(2,3)4;/q-4;+4. The summed E-state index contributed by atoms with van der Waals surface area (Å²) >= 11 is 0. The first-order valence-electron chi connectivity index (χ1n) is 0.816. The predicted octanol–water partition coefficient (Wildman–Crippen LogP) is -5.52. The molecule has 2 radical (unpaired) electrons. The maximum Gasteiger partial charge on any atom is 4.00 e. The molecule has 0 aromatic heterocycles. The van der Waals surface area contributed by atoms with E-state index in [9.17, 15) is 0 Å². The maximum atomic E-state index is 8.58. The second-order valence-electron chi connectivity index (χ2n) is 0.500. The average Bonchev–Trinajstić information content (AvgIpc) is 0.722. The van der Waals surface area contributed by atoms with Gasteiger partial charge in [-0.25, -0.2) is 0 Å². The van der Waals surface area contributed by atoms with Crippen molar-refractivity contribution in [3.05, 3.63) is 0 Å². The van der Waals surface area contributed by atoms with Gasteiger partial charge < -0.3 is 28.2 Å². The Labute approximate surface area is 52.3 Å². The van der Waals surface area contributed by atoms with E-state index in [1.165, 1.54) is 0 Å². The van der Waals surface area contributed by atoms with Crippen LogP contribution in [0, 0.1) is 0 Å². The van der Waals surface area contributed by atoms with Crippen LogP contribution in [0.4, 0.5) is 0 Å². The molecule has 34 valence electrons. The van der Waals surface area contributed by atoms with E-state index < -0.39 is 9.05 Å². The Morgan fingerprint density at radius 2 is 0.833 bits per heavy atom. The quantitative estimate of drug-likeness (QED) is 0.380. The Balaban J connectivity index is 0. The second kappa shape index (κ2) is 2.93. The molecule has 0 aliphatic rings. The van der Waals surface area contributed by atoms with Crippen LogP contribution in [0.3, 0.4) is 0 Å². The smallest absolute Gasteiger partial charge is 0.894 e. The van der Waals surface area contributed by atoms with Crippen LogP contribution in [0.2, 0.25) is 0 Å².